The van der Waals surface area contributed by atoms with E-state index >= 15 is 0 Å². The molecule has 0 aromatic carbocycles. The Labute approximate surface area is 110 Å². The van der Waals surface area contributed by atoms with E-state index in [9.17, 15) is 9.59 Å². The van der Waals surface area contributed by atoms with Crippen LogP contribution in [0.25, 0.3) is 0 Å². The summed E-state index contributed by atoms with van der Waals surface area (Å²) in [6.45, 7) is 0.489. The van der Waals surface area contributed by atoms with Crippen molar-refractivity contribution in [2.75, 3.05) is 12.8 Å². The van der Waals surface area contributed by atoms with Gasteiger partial charge in [-0.05, 0) is 24.8 Å². The fraction of sp³-hybridized carbons (Fsp3) is 0.500. The number of piperidine rings is 1. The van der Waals surface area contributed by atoms with Gasteiger partial charge in [-0.3, -0.25) is 9.59 Å². The average molecular weight is 268 g/mol. The Bertz CT molecular complexity index is 434. The Morgan fingerprint density at radius 3 is 3.11 bits per heavy atom. The lowest BCUT2D eigenvalue weighted by atomic mass is 10.1. The maximum atomic E-state index is 11.9. The summed E-state index contributed by atoms with van der Waals surface area (Å²) >= 11 is 1.64. The van der Waals surface area contributed by atoms with Crippen LogP contribution in [0.3, 0.4) is 0 Å². The van der Waals surface area contributed by atoms with E-state index in [2.05, 4.69) is 10.6 Å². The minimum atomic E-state index is -0.219. The van der Waals surface area contributed by atoms with Crippen LogP contribution in [0.1, 0.15) is 29.2 Å². The molecule has 1 aromatic heterocycles. The van der Waals surface area contributed by atoms with Crippen molar-refractivity contribution < 1.29 is 14.0 Å². The molecule has 1 atom stereocenters. The summed E-state index contributed by atoms with van der Waals surface area (Å²) in [6, 6.07) is 3.49. The molecule has 1 fully saturated rings. The molecule has 98 valence electrons. The van der Waals surface area contributed by atoms with Gasteiger partial charge < -0.3 is 15.1 Å². The summed E-state index contributed by atoms with van der Waals surface area (Å²) in [5, 5.41) is 5.58. The van der Waals surface area contributed by atoms with Crippen molar-refractivity contribution in [3.8, 4) is 0 Å². The molecule has 1 aliphatic heterocycles. The molecule has 0 radical (unpaired) electrons. The van der Waals surface area contributed by atoms with E-state index in [4.69, 9.17) is 4.42 Å². The Morgan fingerprint density at radius 1 is 1.61 bits per heavy atom. The Kier molecular flexibility index (Phi) is 4.30. The van der Waals surface area contributed by atoms with Crippen LogP contribution in [-0.4, -0.2) is 30.7 Å². The first-order valence-electron chi connectivity index (χ1n) is 5.84. The van der Waals surface area contributed by atoms with Crippen molar-refractivity contribution in [1.82, 2.24) is 10.6 Å². The van der Waals surface area contributed by atoms with Gasteiger partial charge >= 0.3 is 0 Å². The first-order chi connectivity index (χ1) is 8.69. The summed E-state index contributed by atoms with van der Waals surface area (Å²) < 4.78 is 5.43. The van der Waals surface area contributed by atoms with E-state index in [-0.39, 0.29) is 17.9 Å². The van der Waals surface area contributed by atoms with Crippen LogP contribution in [0.2, 0.25) is 0 Å². The van der Waals surface area contributed by atoms with Gasteiger partial charge in [-0.2, -0.15) is 11.8 Å². The lowest BCUT2D eigenvalue weighted by Gasteiger charge is -2.22. The summed E-state index contributed by atoms with van der Waals surface area (Å²) in [4.78, 5) is 22.9. The van der Waals surface area contributed by atoms with Crippen LogP contribution in [0.4, 0.5) is 0 Å². The summed E-state index contributed by atoms with van der Waals surface area (Å²) in [6.07, 6.45) is 3.11. The topological polar surface area (TPSA) is 71.3 Å². The van der Waals surface area contributed by atoms with Crippen LogP contribution < -0.4 is 10.6 Å². The zero-order valence-electron chi connectivity index (χ0n) is 10.2. The van der Waals surface area contributed by atoms with E-state index in [1.54, 1.807) is 17.8 Å². The van der Waals surface area contributed by atoms with Gasteiger partial charge in [0, 0.05) is 19.0 Å². The molecule has 0 saturated carbocycles. The number of carbonyl (C=O) groups is 2. The lowest BCUT2D eigenvalue weighted by Crippen LogP contribution is -2.47. The zero-order chi connectivity index (χ0) is 13.0. The number of hydrogen-bond donors (Lipinski definition) is 2. The van der Waals surface area contributed by atoms with Crippen molar-refractivity contribution in [1.29, 1.82) is 0 Å². The highest BCUT2D eigenvalue weighted by atomic mass is 32.2. The van der Waals surface area contributed by atoms with Crippen LogP contribution in [0, 0.1) is 0 Å². The van der Waals surface area contributed by atoms with E-state index in [0.29, 0.717) is 25.1 Å². The van der Waals surface area contributed by atoms with E-state index in [1.807, 2.05) is 12.3 Å². The molecule has 1 aliphatic rings. The number of furan rings is 1. The molecule has 2 heterocycles. The predicted molar refractivity (Wildman–Crippen MR) is 69.4 cm³/mol. The Balaban J connectivity index is 1.88. The van der Waals surface area contributed by atoms with Gasteiger partial charge in [-0.15, -0.1) is 0 Å². The standard InChI is InChI=1S/C12H16N2O3S/c1-18-7-9-3-4-10(17-9)12(16)14-8-2-5-11(15)13-6-8/h3-4,8H,2,5-7H2,1H3,(H,13,15)(H,14,16). The molecule has 1 unspecified atom stereocenters. The highest BCUT2D eigenvalue weighted by Crippen LogP contribution is 2.14. The number of rotatable bonds is 4. The molecule has 18 heavy (non-hydrogen) atoms. The van der Waals surface area contributed by atoms with Gasteiger partial charge in [-0.1, -0.05) is 0 Å². The van der Waals surface area contributed by atoms with Crippen LogP contribution >= 0.6 is 11.8 Å². The first-order valence-corrected chi connectivity index (χ1v) is 7.23. The van der Waals surface area contributed by atoms with Gasteiger partial charge in [0.1, 0.15) is 5.76 Å². The molecular weight excluding hydrogens is 252 g/mol. The number of thioether (sulfide) groups is 1. The molecule has 0 bridgehead atoms. The number of nitrogens with one attached hydrogen (secondary N) is 2. The number of carbonyl (C=O) groups excluding carboxylic acids is 2. The smallest absolute Gasteiger partial charge is 0.287 e. The molecule has 2 rings (SSSR count). The minimum absolute atomic E-state index is 0.00991. The van der Waals surface area contributed by atoms with Gasteiger partial charge in [0.05, 0.1) is 5.75 Å². The minimum Gasteiger partial charge on any atom is -0.455 e. The summed E-state index contributed by atoms with van der Waals surface area (Å²) in [5.41, 5.74) is 0. The molecule has 0 spiro atoms. The maximum Gasteiger partial charge on any atom is 0.287 e. The second kappa shape index (κ2) is 5.95. The third-order valence-electron chi connectivity index (χ3n) is 2.77. The normalized spacial score (nSPS) is 19.4. The molecule has 0 aliphatic carbocycles. The van der Waals surface area contributed by atoms with E-state index < -0.39 is 0 Å². The van der Waals surface area contributed by atoms with Crippen molar-refractivity contribution in [3.05, 3.63) is 23.7 Å². The summed E-state index contributed by atoms with van der Waals surface area (Å²) in [5.74, 6) is 1.71. The van der Waals surface area contributed by atoms with Gasteiger partial charge in [0.15, 0.2) is 5.76 Å². The quantitative estimate of drug-likeness (QED) is 0.859. The van der Waals surface area contributed by atoms with E-state index in [0.717, 1.165) is 11.5 Å². The molecule has 2 N–H and O–H groups in total. The molecule has 5 nitrogen and oxygen atoms in total. The van der Waals surface area contributed by atoms with Gasteiger partial charge in [-0.25, -0.2) is 0 Å². The van der Waals surface area contributed by atoms with E-state index in [1.165, 1.54) is 0 Å². The second-order valence-corrected chi connectivity index (χ2v) is 5.08. The average Bonchev–Trinajstić information content (AvgIpc) is 2.81. The maximum absolute atomic E-state index is 11.9. The van der Waals surface area contributed by atoms with Crippen molar-refractivity contribution >= 4 is 23.6 Å². The Morgan fingerprint density at radius 2 is 2.44 bits per heavy atom. The molecule has 1 aromatic rings. The third-order valence-corrected chi connectivity index (χ3v) is 3.35. The molecule has 2 amide bonds. The van der Waals surface area contributed by atoms with Crippen molar-refractivity contribution in [2.24, 2.45) is 0 Å². The fourth-order valence-electron chi connectivity index (χ4n) is 1.83. The number of amides is 2. The Hall–Kier alpha value is -1.43. The fourth-order valence-corrected chi connectivity index (χ4v) is 2.27. The van der Waals surface area contributed by atoms with Gasteiger partial charge in [0.25, 0.3) is 5.91 Å². The van der Waals surface area contributed by atoms with Crippen LogP contribution in [-0.2, 0) is 10.5 Å². The monoisotopic (exact) mass is 268 g/mol. The van der Waals surface area contributed by atoms with Crippen molar-refractivity contribution in [2.45, 2.75) is 24.6 Å². The van der Waals surface area contributed by atoms with Crippen LogP contribution in [0.5, 0.6) is 0 Å². The predicted octanol–water partition coefficient (Wildman–Crippen LogP) is 1.15. The largest absolute Gasteiger partial charge is 0.455 e. The van der Waals surface area contributed by atoms with Crippen molar-refractivity contribution in [3.63, 3.8) is 0 Å². The third kappa shape index (κ3) is 3.29. The molecule has 1 saturated heterocycles. The van der Waals surface area contributed by atoms with Gasteiger partial charge in [0.2, 0.25) is 5.91 Å². The molecular formula is C12H16N2O3S. The van der Waals surface area contributed by atoms with Crippen LogP contribution in [0.15, 0.2) is 16.5 Å². The molecule has 6 heteroatoms. The number of hydrogen-bond acceptors (Lipinski definition) is 4. The highest BCUT2D eigenvalue weighted by Gasteiger charge is 2.21. The first kappa shape index (κ1) is 13.0. The summed E-state index contributed by atoms with van der Waals surface area (Å²) in [7, 11) is 0. The second-order valence-electron chi connectivity index (χ2n) is 4.21. The SMILES string of the molecule is CSCc1ccc(C(=O)NC2CCC(=O)NC2)o1. The highest BCUT2D eigenvalue weighted by molar-refractivity contribution is 7.97. The zero-order valence-corrected chi connectivity index (χ0v) is 11.0. The lowest BCUT2D eigenvalue weighted by molar-refractivity contribution is -0.122.